The van der Waals surface area contributed by atoms with E-state index in [1.807, 2.05) is 24.3 Å². The first kappa shape index (κ1) is 14.0. The van der Waals surface area contributed by atoms with Gasteiger partial charge in [-0.2, -0.15) is 0 Å². The Morgan fingerprint density at radius 2 is 1.92 bits per heavy atom. The summed E-state index contributed by atoms with van der Waals surface area (Å²) in [7, 11) is 0. The average molecular weight is 226 g/mol. The molecule has 1 heterocycles. The van der Waals surface area contributed by atoms with Gasteiger partial charge in [-0.25, -0.2) is 0 Å². The number of hydrogen-bond acceptors (Lipinski definition) is 3. The second-order valence-electron chi connectivity index (χ2n) is 3.13. The molecule has 2 radical (unpaired) electrons. The third-order valence-corrected chi connectivity index (χ3v) is 2.68. The van der Waals surface area contributed by atoms with E-state index < -0.39 is 4.93 Å². The van der Waals surface area contributed by atoms with E-state index in [1.165, 1.54) is 0 Å². The van der Waals surface area contributed by atoms with Crippen LogP contribution in [-0.4, -0.2) is 64.2 Å². The number of aliphatic hydroxyl groups excluding tert-OH is 1. The van der Waals surface area contributed by atoms with E-state index in [0.717, 1.165) is 0 Å². The summed E-state index contributed by atoms with van der Waals surface area (Å²) in [6.07, 6.45) is 7.54. The number of fused-ring (bicyclic) bond motifs is 1. The van der Waals surface area contributed by atoms with E-state index in [1.54, 1.807) is 25.6 Å². The number of rotatable bonds is 0. The molecule has 70 valence electrons. The van der Waals surface area contributed by atoms with Gasteiger partial charge in [-0.1, -0.05) is 18.2 Å². The fourth-order valence-electron chi connectivity index (χ4n) is 0.839. The summed E-state index contributed by atoms with van der Waals surface area (Å²) in [6, 6.07) is 0. The number of thioether (sulfide) groups is 1. The molecule has 0 aromatic rings. The van der Waals surface area contributed by atoms with Crippen molar-refractivity contribution in [3.8, 4) is 0 Å². The monoisotopic (exact) mass is 226 g/mol. The van der Waals surface area contributed by atoms with Gasteiger partial charge >= 0.3 is 0 Å². The third kappa shape index (κ3) is 4.86. The summed E-state index contributed by atoms with van der Waals surface area (Å²) in [5, 5.41) is 17.7. The second kappa shape index (κ2) is 5.79. The van der Waals surface area contributed by atoms with Crippen molar-refractivity contribution in [1.82, 2.24) is 0 Å². The van der Waals surface area contributed by atoms with Crippen LogP contribution in [0.3, 0.4) is 0 Å². The quantitative estimate of drug-likeness (QED) is 0.477. The van der Waals surface area contributed by atoms with Gasteiger partial charge in [-0.3, -0.25) is 0 Å². The van der Waals surface area contributed by atoms with Crippen molar-refractivity contribution in [2.24, 2.45) is 0 Å². The fourth-order valence-corrected chi connectivity index (χ4v) is 1.66. The molecule has 2 rings (SSSR count). The van der Waals surface area contributed by atoms with Crippen molar-refractivity contribution in [2.75, 3.05) is 0 Å². The standard InChI is InChI=1S/C6H6OS.C3H8O.Ca/c7-6-4-2-1-3-5(6)8-6;1-3(2)4;/h1-5,7H;3-4H,1-2H3;. The minimum Gasteiger partial charge on any atom is -0.394 e. The van der Waals surface area contributed by atoms with Gasteiger partial charge in [0.25, 0.3) is 0 Å². The van der Waals surface area contributed by atoms with E-state index >= 15 is 0 Å². The minimum atomic E-state index is -0.505. The van der Waals surface area contributed by atoms with Crippen LogP contribution in [0.15, 0.2) is 24.3 Å². The average Bonchev–Trinajstić information content (AvgIpc) is 2.58. The number of hydrogen-bond donors (Lipinski definition) is 2. The van der Waals surface area contributed by atoms with Gasteiger partial charge in [-0.15, -0.1) is 11.8 Å². The Hall–Kier alpha value is 1.01. The van der Waals surface area contributed by atoms with Crippen LogP contribution in [0.2, 0.25) is 0 Å². The number of allylic oxidation sites excluding steroid dienone is 2. The minimum absolute atomic E-state index is 0. The molecule has 1 fully saturated rings. The van der Waals surface area contributed by atoms with Crippen molar-refractivity contribution in [2.45, 2.75) is 30.1 Å². The Balaban J connectivity index is 0.000000256. The van der Waals surface area contributed by atoms with Gasteiger partial charge in [-0.05, 0) is 19.9 Å². The Morgan fingerprint density at radius 3 is 2.23 bits per heavy atom. The molecule has 0 bridgehead atoms. The van der Waals surface area contributed by atoms with Gasteiger partial charge in [0.1, 0.15) is 4.93 Å². The fraction of sp³-hybridized carbons (Fsp3) is 0.556. The molecule has 1 aliphatic heterocycles. The van der Waals surface area contributed by atoms with Gasteiger partial charge in [0.2, 0.25) is 0 Å². The molecule has 2 unspecified atom stereocenters. The molecule has 0 amide bonds. The Labute approximate surface area is 113 Å². The van der Waals surface area contributed by atoms with Crippen LogP contribution >= 0.6 is 11.8 Å². The Kier molecular flexibility index (Phi) is 6.23. The largest absolute Gasteiger partial charge is 0.394 e. The van der Waals surface area contributed by atoms with Crippen LogP contribution < -0.4 is 0 Å². The molecular weight excluding hydrogens is 212 g/mol. The topological polar surface area (TPSA) is 40.5 Å². The molecule has 4 heteroatoms. The van der Waals surface area contributed by atoms with E-state index in [2.05, 4.69) is 0 Å². The van der Waals surface area contributed by atoms with E-state index in [0.29, 0.717) is 5.25 Å². The molecule has 0 spiro atoms. The first-order valence-electron chi connectivity index (χ1n) is 3.99. The molecule has 2 aliphatic rings. The van der Waals surface area contributed by atoms with Crippen LogP contribution in [-0.2, 0) is 0 Å². The van der Waals surface area contributed by atoms with Crippen LogP contribution in [0.4, 0.5) is 0 Å². The molecule has 2 atom stereocenters. The first-order chi connectivity index (χ1) is 5.54. The van der Waals surface area contributed by atoms with E-state index in [-0.39, 0.29) is 43.8 Å². The van der Waals surface area contributed by atoms with Crippen molar-refractivity contribution >= 4 is 49.5 Å². The summed E-state index contributed by atoms with van der Waals surface area (Å²) in [6.45, 7) is 3.44. The van der Waals surface area contributed by atoms with Crippen molar-refractivity contribution < 1.29 is 10.2 Å². The smallest absolute Gasteiger partial charge is 0.145 e. The maximum Gasteiger partial charge on any atom is 0.145 e. The van der Waals surface area contributed by atoms with Crippen LogP contribution in [0.25, 0.3) is 0 Å². The van der Waals surface area contributed by atoms with Crippen LogP contribution in [0.1, 0.15) is 13.8 Å². The van der Waals surface area contributed by atoms with E-state index in [9.17, 15) is 5.11 Å². The molecule has 1 aliphatic carbocycles. The normalized spacial score (nSPS) is 32.8. The molecule has 2 nitrogen and oxygen atoms in total. The molecule has 13 heavy (non-hydrogen) atoms. The molecule has 0 aromatic carbocycles. The zero-order chi connectivity index (χ0) is 9.19. The molecule has 2 N–H and O–H groups in total. The summed E-state index contributed by atoms with van der Waals surface area (Å²) >= 11 is 1.58. The predicted molar refractivity (Wildman–Crippen MR) is 57.7 cm³/mol. The molecule has 0 saturated carbocycles. The zero-order valence-electron chi connectivity index (χ0n) is 7.97. The summed E-state index contributed by atoms with van der Waals surface area (Å²) in [4.78, 5) is -0.505. The summed E-state index contributed by atoms with van der Waals surface area (Å²) < 4.78 is 0. The van der Waals surface area contributed by atoms with Crippen LogP contribution in [0, 0.1) is 0 Å². The van der Waals surface area contributed by atoms with Gasteiger partial charge < -0.3 is 10.2 Å². The van der Waals surface area contributed by atoms with Crippen LogP contribution in [0.5, 0.6) is 0 Å². The molecule has 0 aromatic heterocycles. The van der Waals surface area contributed by atoms with Crippen molar-refractivity contribution in [3.63, 3.8) is 0 Å². The molecule has 1 saturated heterocycles. The Bertz CT molecular complexity index is 213. The second-order valence-corrected chi connectivity index (χ2v) is 4.53. The zero-order valence-corrected chi connectivity index (χ0v) is 11.0. The predicted octanol–water partition coefficient (Wildman–Crippen LogP) is 0.923. The van der Waals surface area contributed by atoms with Crippen molar-refractivity contribution in [1.29, 1.82) is 0 Å². The van der Waals surface area contributed by atoms with E-state index in [4.69, 9.17) is 5.11 Å². The summed E-state index contributed by atoms with van der Waals surface area (Å²) in [5.41, 5.74) is 0. The maximum absolute atomic E-state index is 9.27. The Morgan fingerprint density at radius 1 is 1.38 bits per heavy atom. The third-order valence-electron chi connectivity index (χ3n) is 1.40. The first-order valence-corrected chi connectivity index (χ1v) is 4.87. The molecular formula is C9H14CaO2S. The summed E-state index contributed by atoms with van der Waals surface area (Å²) in [5.74, 6) is 0. The maximum atomic E-state index is 9.27. The van der Waals surface area contributed by atoms with Gasteiger partial charge in [0.05, 0.1) is 5.25 Å². The SMILES string of the molecule is CC(C)O.OC12C=CC=CC1S2.[Ca]. The van der Waals surface area contributed by atoms with Gasteiger partial charge in [0, 0.05) is 43.8 Å². The van der Waals surface area contributed by atoms with Gasteiger partial charge in [0.15, 0.2) is 0 Å². The number of aliphatic hydroxyl groups is 2. The van der Waals surface area contributed by atoms with Crippen molar-refractivity contribution in [3.05, 3.63) is 24.3 Å².